The number of ether oxygens (including phenoxy) is 1. The summed E-state index contributed by atoms with van der Waals surface area (Å²) in [5, 5.41) is 9.07. The van der Waals surface area contributed by atoms with Crippen LogP contribution in [-0.2, 0) is 14.3 Å². The number of rotatable bonds is 3. The third-order valence-electron chi connectivity index (χ3n) is 5.28. The Morgan fingerprint density at radius 3 is 2.55 bits per heavy atom. The summed E-state index contributed by atoms with van der Waals surface area (Å²) in [4.78, 5) is 25.2. The Bertz CT molecular complexity index is 395. The van der Waals surface area contributed by atoms with Crippen molar-refractivity contribution >= 4 is 11.9 Å². The number of carboxylic acid groups (broad SMARTS) is 1. The molecule has 0 unspecified atom stereocenters. The standard InChI is InChI=1S/C15H23NO4/c17-13(9-11-3-1-2-8-20-11)16-6-4-15(5-7-16)10-12(15)14(18)19/h11-12H,1-10H2,(H,18,19)/t11-,12+/m1/s1. The molecular formula is C15H23NO4. The fourth-order valence-corrected chi connectivity index (χ4v) is 3.74. The maximum Gasteiger partial charge on any atom is 0.307 e. The van der Waals surface area contributed by atoms with Crippen LogP contribution in [0.3, 0.4) is 0 Å². The molecule has 3 fully saturated rings. The van der Waals surface area contributed by atoms with Gasteiger partial charge in [-0.15, -0.1) is 0 Å². The molecule has 2 aliphatic heterocycles. The zero-order chi connectivity index (χ0) is 14.2. The van der Waals surface area contributed by atoms with Gasteiger partial charge in [0, 0.05) is 19.7 Å². The van der Waals surface area contributed by atoms with Crippen LogP contribution in [0.15, 0.2) is 0 Å². The molecule has 112 valence electrons. The number of aliphatic carboxylic acids is 1. The van der Waals surface area contributed by atoms with Gasteiger partial charge in [-0.05, 0) is 43.9 Å². The van der Waals surface area contributed by atoms with Gasteiger partial charge in [0.2, 0.25) is 5.91 Å². The van der Waals surface area contributed by atoms with Crippen molar-refractivity contribution in [2.75, 3.05) is 19.7 Å². The number of likely N-dealkylation sites (tertiary alicyclic amines) is 1. The smallest absolute Gasteiger partial charge is 0.307 e. The first kappa shape index (κ1) is 13.9. The first-order chi connectivity index (χ1) is 9.61. The van der Waals surface area contributed by atoms with Crippen LogP contribution in [0.1, 0.15) is 44.9 Å². The summed E-state index contributed by atoms with van der Waals surface area (Å²) in [6, 6.07) is 0. The van der Waals surface area contributed by atoms with Crippen molar-refractivity contribution in [1.82, 2.24) is 4.90 Å². The van der Waals surface area contributed by atoms with Crippen LogP contribution in [-0.4, -0.2) is 47.7 Å². The van der Waals surface area contributed by atoms with Gasteiger partial charge in [-0.1, -0.05) is 0 Å². The Labute approximate surface area is 119 Å². The first-order valence-electron chi connectivity index (χ1n) is 7.73. The Morgan fingerprint density at radius 1 is 1.25 bits per heavy atom. The molecule has 5 heteroatoms. The SMILES string of the molecule is O=C(O)[C@@H]1CC12CCN(C(=O)C[C@H]1CCCCO1)CC2. The molecule has 0 aromatic heterocycles. The van der Waals surface area contributed by atoms with E-state index >= 15 is 0 Å². The zero-order valence-electron chi connectivity index (χ0n) is 11.8. The van der Waals surface area contributed by atoms with Crippen LogP contribution < -0.4 is 0 Å². The minimum atomic E-state index is -0.666. The van der Waals surface area contributed by atoms with Crippen molar-refractivity contribution in [3.63, 3.8) is 0 Å². The van der Waals surface area contributed by atoms with E-state index in [1.165, 1.54) is 0 Å². The number of hydrogen-bond donors (Lipinski definition) is 1. The van der Waals surface area contributed by atoms with E-state index in [0.29, 0.717) is 6.42 Å². The summed E-state index contributed by atoms with van der Waals surface area (Å²) in [6.45, 7) is 2.21. The molecule has 1 saturated carbocycles. The molecule has 20 heavy (non-hydrogen) atoms. The van der Waals surface area contributed by atoms with Crippen LogP contribution in [0, 0.1) is 11.3 Å². The van der Waals surface area contributed by atoms with Gasteiger partial charge in [0.25, 0.3) is 0 Å². The molecule has 2 atom stereocenters. The lowest BCUT2D eigenvalue weighted by molar-refractivity contribution is -0.140. The zero-order valence-corrected chi connectivity index (χ0v) is 11.8. The third-order valence-corrected chi connectivity index (χ3v) is 5.28. The highest BCUT2D eigenvalue weighted by molar-refractivity contribution is 5.77. The molecule has 0 bridgehead atoms. The number of piperidine rings is 1. The Kier molecular flexibility index (Phi) is 3.71. The highest BCUT2D eigenvalue weighted by Crippen LogP contribution is 2.59. The van der Waals surface area contributed by atoms with Gasteiger partial charge < -0.3 is 14.7 Å². The van der Waals surface area contributed by atoms with Crippen molar-refractivity contribution in [2.45, 2.75) is 51.0 Å². The van der Waals surface area contributed by atoms with E-state index in [4.69, 9.17) is 9.84 Å². The summed E-state index contributed by atoms with van der Waals surface area (Å²) in [5.74, 6) is -0.652. The van der Waals surface area contributed by atoms with Gasteiger partial charge in [-0.25, -0.2) is 0 Å². The fourth-order valence-electron chi connectivity index (χ4n) is 3.74. The molecule has 5 nitrogen and oxygen atoms in total. The molecule has 1 aliphatic carbocycles. The molecule has 0 radical (unpaired) electrons. The van der Waals surface area contributed by atoms with Gasteiger partial charge in [-0.3, -0.25) is 9.59 Å². The molecular weight excluding hydrogens is 258 g/mol. The number of amides is 1. The molecule has 0 aromatic rings. The Hall–Kier alpha value is -1.10. The van der Waals surface area contributed by atoms with Gasteiger partial charge in [0.05, 0.1) is 18.4 Å². The van der Waals surface area contributed by atoms with Crippen molar-refractivity contribution < 1.29 is 19.4 Å². The maximum absolute atomic E-state index is 12.2. The van der Waals surface area contributed by atoms with Crippen LogP contribution in [0.4, 0.5) is 0 Å². The Balaban J connectivity index is 1.46. The van der Waals surface area contributed by atoms with Gasteiger partial charge in [0.15, 0.2) is 0 Å². The van der Waals surface area contributed by atoms with Crippen LogP contribution in [0.5, 0.6) is 0 Å². The molecule has 3 rings (SSSR count). The van der Waals surface area contributed by atoms with Gasteiger partial charge in [0.1, 0.15) is 0 Å². The van der Waals surface area contributed by atoms with E-state index in [9.17, 15) is 9.59 Å². The molecule has 2 saturated heterocycles. The second-order valence-electron chi connectivity index (χ2n) is 6.53. The van der Waals surface area contributed by atoms with E-state index in [0.717, 1.165) is 58.2 Å². The number of carbonyl (C=O) groups is 2. The molecule has 0 aromatic carbocycles. The lowest BCUT2D eigenvalue weighted by Gasteiger charge is -2.34. The first-order valence-corrected chi connectivity index (χ1v) is 7.73. The second kappa shape index (κ2) is 5.35. The van der Waals surface area contributed by atoms with Crippen LogP contribution in [0.2, 0.25) is 0 Å². The lowest BCUT2D eigenvalue weighted by Crippen LogP contribution is -2.41. The highest BCUT2D eigenvalue weighted by Gasteiger charge is 2.59. The van der Waals surface area contributed by atoms with Crippen molar-refractivity contribution in [1.29, 1.82) is 0 Å². The van der Waals surface area contributed by atoms with E-state index in [1.54, 1.807) is 0 Å². The largest absolute Gasteiger partial charge is 0.481 e. The molecule has 1 amide bonds. The van der Waals surface area contributed by atoms with Crippen molar-refractivity contribution in [3.05, 3.63) is 0 Å². The average Bonchev–Trinajstić information content (AvgIpc) is 3.15. The van der Waals surface area contributed by atoms with Crippen LogP contribution in [0.25, 0.3) is 0 Å². The van der Waals surface area contributed by atoms with E-state index in [2.05, 4.69) is 0 Å². The minimum Gasteiger partial charge on any atom is -0.481 e. The predicted molar refractivity (Wildman–Crippen MR) is 72.2 cm³/mol. The number of carboxylic acids is 1. The maximum atomic E-state index is 12.2. The lowest BCUT2D eigenvalue weighted by atomic mass is 9.90. The number of nitrogens with zero attached hydrogens (tertiary/aromatic N) is 1. The minimum absolute atomic E-state index is 0.00392. The topological polar surface area (TPSA) is 66.8 Å². The summed E-state index contributed by atoms with van der Waals surface area (Å²) < 4.78 is 5.62. The quantitative estimate of drug-likeness (QED) is 0.854. The monoisotopic (exact) mass is 281 g/mol. The van der Waals surface area contributed by atoms with E-state index < -0.39 is 5.97 Å². The van der Waals surface area contributed by atoms with Gasteiger partial charge >= 0.3 is 5.97 Å². The summed E-state index contributed by atoms with van der Waals surface area (Å²) in [5.41, 5.74) is 0.00392. The van der Waals surface area contributed by atoms with E-state index in [-0.39, 0.29) is 23.3 Å². The fraction of sp³-hybridized carbons (Fsp3) is 0.867. The molecule has 1 N–H and O–H groups in total. The van der Waals surface area contributed by atoms with Crippen molar-refractivity contribution in [3.8, 4) is 0 Å². The van der Waals surface area contributed by atoms with Crippen LogP contribution >= 0.6 is 0 Å². The highest BCUT2D eigenvalue weighted by atomic mass is 16.5. The number of hydrogen-bond acceptors (Lipinski definition) is 3. The average molecular weight is 281 g/mol. The predicted octanol–water partition coefficient (Wildman–Crippen LogP) is 1.66. The Morgan fingerprint density at radius 2 is 2.00 bits per heavy atom. The van der Waals surface area contributed by atoms with Gasteiger partial charge in [-0.2, -0.15) is 0 Å². The third kappa shape index (κ3) is 2.68. The summed E-state index contributed by atoms with van der Waals surface area (Å²) >= 11 is 0. The summed E-state index contributed by atoms with van der Waals surface area (Å²) in [6.07, 6.45) is 6.34. The molecule has 1 spiro atoms. The second-order valence-corrected chi connectivity index (χ2v) is 6.53. The normalized spacial score (nSPS) is 32.1. The summed E-state index contributed by atoms with van der Waals surface area (Å²) in [7, 11) is 0. The molecule has 2 heterocycles. The van der Waals surface area contributed by atoms with Crippen molar-refractivity contribution in [2.24, 2.45) is 11.3 Å². The van der Waals surface area contributed by atoms with E-state index in [1.807, 2.05) is 4.90 Å². The number of carbonyl (C=O) groups excluding carboxylic acids is 1. The molecule has 3 aliphatic rings.